The first kappa shape index (κ1) is 84.7. The summed E-state index contributed by atoms with van der Waals surface area (Å²) >= 11 is 4.90. The van der Waals surface area contributed by atoms with Crippen molar-refractivity contribution in [3.63, 3.8) is 0 Å². The molecule has 70 heteroatoms. The van der Waals surface area contributed by atoms with Crippen LogP contribution in [-0.2, 0) is 287 Å². The molecular formula is C16H23ClN4O65. The third-order valence-electron chi connectivity index (χ3n) is 3.97. The van der Waals surface area contributed by atoms with E-state index in [9.17, 15) is 10.0 Å². The number of hydrogen-bond donors (Lipinski definition) is 4. The molecule has 0 aliphatic carbocycles. The lowest BCUT2D eigenvalue weighted by atomic mass is 10.3. The maximum absolute atomic E-state index is 10.5. The Labute approximate surface area is 459 Å². The van der Waals surface area contributed by atoms with Crippen molar-refractivity contribution in [3.8, 4) is 17.6 Å². The van der Waals surface area contributed by atoms with Gasteiger partial charge >= 0.3 is 5.37 Å². The topological polar surface area (TPSA) is 709 Å². The van der Waals surface area contributed by atoms with E-state index in [1.54, 1.807) is 44.6 Å². The van der Waals surface area contributed by atoms with Crippen LogP contribution in [0.25, 0.3) is 0 Å². The van der Waals surface area contributed by atoms with Crippen molar-refractivity contribution >= 4 is 17.0 Å². The van der Waals surface area contributed by atoms with Crippen molar-refractivity contribution in [2.45, 2.75) is 0 Å². The molecule has 2 aromatic heterocycles. The van der Waals surface area contributed by atoms with E-state index in [-0.39, 0.29) is 0 Å². The summed E-state index contributed by atoms with van der Waals surface area (Å²) in [5.74, 6) is 1.09. The van der Waals surface area contributed by atoms with Crippen LogP contribution in [0.15, 0.2) is 42.9 Å². The molecule has 1 amide bonds. The summed E-state index contributed by atoms with van der Waals surface area (Å²) in [4.78, 5) is 14.9. The summed E-state index contributed by atoms with van der Waals surface area (Å²) in [6, 6.07) is 8.68. The number of amides is 1. The molecule has 0 saturated carbocycles. The molecule has 0 bridgehead atoms. The van der Waals surface area contributed by atoms with E-state index in [1.807, 2.05) is 6.07 Å². The van der Waals surface area contributed by atoms with Crippen molar-refractivity contribution in [2.75, 3.05) is 28.3 Å². The van der Waals surface area contributed by atoms with Gasteiger partial charge in [-0.1, -0.05) is 0 Å². The lowest BCUT2D eigenvalue weighted by molar-refractivity contribution is -0.905. The van der Waals surface area contributed by atoms with Crippen molar-refractivity contribution in [2.24, 2.45) is 0 Å². The normalized spacial score (nSPS) is 10.6. The van der Waals surface area contributed by atoms with Gasteiger partial charge in [-0.25, -0.2) is 26.0 Å². The van der Waals surface area contributed by atoms with Gasteiger partial charge in [0.2, 0.25) is 6.20 Å². The third-order valence-corrected chi connectivity index (χ3v) is 4.31. The van der Waals surface area contributed by atoms with E-state index in [1.165, 1.54) is 31.5 Å². The Morgan fingerprint density at radius 2 is 0.651 bits per heavy atom. The fourth-order valence-corrected chi connectivity index (χ4v) is 1.80. The summed E-state index contributed by atoms with van der Waals surface area (Å²) in [5.41, 5.74) is 0.324. The van der Waals surface area contributed by atoms with Crippen LogP contribution in [0.4, 0.5) is 4.79 Å². The number of halogens is 1. The van der Waals surface area contributed by atoms with Crippen LogP contribution in [0.1, 0.15) is 5.69 Å². The standard InChI is InChI=1S/C7H6N2O.C6H7NO2.C3H6ClNO.H2O31.H2O30/c1-10-7-3-2-4-9-6(7)5-8;1-9-6-3-2-4-7(8)5-6;1-5(2)3(4)6;1-3-5-7-9-11-13-15-17-19-21-23-25-27-29-31-30-28-26-24-22-20-18-16-14-12-10-8-6-4-2;1-3-5-7-9-11-13-15-17-19-21-23-25-27-29-30-28-26-24-22-20-18-16-14-12-10-8-6-4-2/h2-4H,1H3;2-5H,1H3;1-2H3;1-2H;1-2H. The minimum absolute atomic E-state index is 0.324. The summed E-state index contributed by atoms with van der Waals surface area (Å²) in [7, 11) is 6.22. The average Bonchev–Trinajstić information content (AvgIpc) is 3.71. The van der Waals surface area contributed by atoms with E-state index < -0.39 is 5.37 Å². The predicted octanol–water partition coefficient (Wildman–Crippen LogP) is -1.67. The minimum atomic E-state index is -0.435. The molecule has 4 N–H and O–H groups in total. The van der Waals surface area contributed by atoms with Crippen LogP contribution in [0, 0.1) is 16.5 Å². The smallest absolute Gasteiger partial charge is 0.315 e. The number of methoxy groups -OCH3 is 2. The molecule has 86 heavy (non-hydrogen) atoms. The summed E-state index contributed by atoms with van der Waals surface area (Å²) < 4.78 is 10.3. The number of pyridine rings is 2. The molecule has 2 rings (SSSR count). The van der Waals surface area contributed by atoms with Crippen molar-refractivity contribution in [1.29, 1.82) is 5.26 Å². The number of hydrogen-bond acceptors (Lipinski definition) is 67. The SMILES string of the molecule is CN(C)C(=O)Cl.COc1ccc[n+]([O-])c1.COc1cccnc1C#N.OOOOOOOOOOOOOOOOOOOOOOOOOOOOOO.OOOOOOOOOOOOOOOOOOOOOOOOOOOOOOO. The molecule has 2 heterocycles. The number of carbonyl (C=O) groups is 1. The number of nitriles is 1. The highest BCUT2D eigenvalue weighted by Crippen LogP contribution is 2.12. The number of aromatic nitrogens is 2. The molecule has 0 spiro atoms. The Kier molecular flexibility index (Phi) is 74.5. The average molecular weight is 1350 g/mol. The Morgan fingerprint density at radius 1 is 0.430 bits per heavy atom. The molecule has 0 saturated heterocycles. The maximum atomic E-state index is 10.5. The van der Waals surface area contributed by atoms with Gasteiger partial charge in [0, 0.05) is 152 Å². The van der Waals surface area contributed by atoms with Gasteiger partial charge in [-0.3, -0.25) is 4.79 Å². The second-order valence-corrected chi connectivity index (χ2v) is 8.64. The summed E-state index contributed by atoms with van der Waals surface area (Å²) in [5, 5.41) is 242. The minimum Gasteiger partial charge on any atom is -0.619 e. The first-order valence-corrected chi connectivity index (χ1v) is 17.1. The first-order valence-electron chi connectivity index (χ1n) is 16.7. The zero-order valence-electron chi connectivity index (χ0n) is 39.4. The maximum Gasteiger partial charge on any atom is 0.315 e. The van der Waals surface area contributed by atoms with Gasteiger partial charge in [-0.05, 0) is 191 Å². The number of rotatable bonds is 57. The molecule has 504 valence electrons. The van der Waals surface area contributed by atoms with Gasteiger partial charge in [0.15, 0.2) is 23.4 Å². The number of nitrogens with zero attached hydrogens (tertiary/aromatic N) is 4. The molecule has 0 unspecified atom stereocenters. The monoisotopic (exact) mass is 1350 g/mol. The van der Waals surface area contributed by atoms with Crippen LogP contribution >= 0.6 is 11.6 Å². The largest absolute Gasteiger partial charge is 0.619 e. The second kappa shape index (κ2) is 75.6. The highest BCUT2D eigenvalue weighted by molar-refractivity contribution is 6.62. The van der Waals surface area contributed by atoms with Gasteiger partial charge in [0.25, 0.3) is 0 Å². The lowest BCUT2D eigenvalue weighted by Crippen LogP contribution is -2.23. The molecular weight excluding hydrogens is 1320 g/mol. The molecule has 0 radical (unpaired) electrons. The third kappa shape index (κ3) is 72.8. The fraction of sp³-hybridized carbons (Fsp3) is 0.250. The van der Waals surface area contributed by atoms with E-state index in [0.717, 1.165) is 0 Å². The summed E-state index contributed by atoms with van der Waals surface area (Å²) in [6.45, 7) is 0. The van der Waals surface area contributed by atoms with E-state index >= 15 is 0 Å². The molecule has 69 nitrogen and oxygen atoms in total. The van der Waals surface area contributed by atoms with Crippen LogP contribution in [0.3, 0.4) is 0 Å². The zero-order chi connectivity index (χ0) is 63.5. The van der Waals surface area contributed by atoms with E-state index in [0.29, 0.717) is 21.9 Å². The Hall–Kier alpha value is -5.49. The van der Waals surface area contributed by atoms with Crippen molar-refractivity contribution in [3.05, 3.63) is 53.8 Å². The van der Waals surface area contributed by atoms with E-state index in [4.69, 9.17) is 47.4 Å². The molecule has 0 aliphatic heterocycles. The molecule has 0 aromatic carbocycles. The van der Waals surface area contributed by atoms with Gasteiger partial charge in [0.1, 0.15) is 6.07 Å². The lowest BCUT2D eigenvalue weighted by Gasteiger charge is -1.99. The highest BCUT2D eigenvalue weighted by atomic mass is 35.5. The van der Waals surface area contributed by atoms with Crippen molar-refractivity contribution < 1.29 is 327 Å². The second-order valence-electron chi connectivity index (χ2n) is 8.32. The first-order chi connectivity index (χ1) is 42.2. The zero-order valence-corrected chi connectivity index (χ0v) is 40.2. The molecule has 0 atom stereocenters. The molecule has 0 fully saturated rings. The quantitative estimate of drug-likeness (QED) is 0.0109. The number of ether oxygens (including phenoxy) is 2. The van der Waals surface area contributed by atoms with Crippen LogP contribution < -0.4 is 14.2 Å². The fourth-order valence-electron chi connectivity index (χ4n) is 1.80. The van der Waals surface area contributed by atoms with E-state index in [2.05, 4.69) is 292 Å². The Bertz CT molecular complexity index is 1600. The highest BCUT2D eigenvalue weighted by Gasteiger charge is 2.05. The Balaban J connectivity index is -0.00000114. The molecule has 0 aliphatic rings. The molecule has 2 aromatic rings. The van der Waals surface area contributed by atoms with Crippen LogP contribution in [0.2, 0.25) is 0 Å². The van der Waals surface area contributed by atoms with Crippen LogP contribution in [0.5, 0.6) is 11.5 Å². The van der Waals surface area contributed by atoms with Gasteiger partial charge in [-0.15, -0.1) is 0 Å². The Morgan fingerprint density at radius 3 is 0.791 bits per heavy atom. The van der Waals surface area contributed by atoms with Crippen molar-refractivity contribution in [1.82, 2.24) is 9.88 Å². The van der Waals surface area contributed by atoms with Gasteiger partial charge in [-0.2, -0.15) is 9.99 Å². The number of carbonyl (C=O) groups excluding carboxylic acids is 1. The van der Waals surface area contributed by atoms with Gasteiger partial charge in [0.05, 0.1) is 14.2 Å². The summed E-state index contributed by atoms with van der Waals surface area (Å²) in [6.07, 6.45) is 4.32. The predicted molar refractivity (Wildman–Crippen MR) is 165 cm³/mol. The van der Waals surface area contributed by atoms with Gasteiger partial charge < -0.3 is 19.6 Å². The van der Waals surface area contributed by atoms with Crippen LogP contribution in [-0.4, -0.2) is 64.6 Å².